The van der Waals surface area contributed by atoms with E-state index in [-0.39, 0.29) is 36.7 Å². The Morgan fingerprint density at radius 3 is 2.37 bits per heavy atom. The lowest BCUT2D eigenvalue weighted by molar-refractivity contribution is -0.121. The van der Waals surface area contributed by atoms with Crippen LogP contribution >= 0.6 is 12.4 Å². The highest BCUT2D eigenvalue weighted by Gasteiger charge is 2.42. The lowest BCUT2D eigenvalue weighted by Crippen LogP contribution is -2.48. The summed E-state index contributed by atoms with van der Waals surface area (Å²) in [5.74, 6) is 0.435. The number of halogens is 1. The van der Waals surface area contributed by atoms with E-state index in [0.29, 0.717) is 30.7 Å². The number of aromatic amines is 1. The summed E-state index contributed by atoms with van der Waals surface area (Å²) in [6.07, 6.45) is 2.97. The summed E-state index contributed by atoms with van der Waals surface area (Å²) < 4.78 is 4.76. The lowest BCUT2D eigenvalue weighted by atomic mass is 10.0. The molecule has 1 aromatic heterocycles. The van der Waals surface area contributed by atoms with Crippen LogP contribution in [0.5, 0.6) is 0 Å². The fourth-order valence-corrected chi connectivity index (χ4v) is 5.65. The molecule has 2 aliphatic heterocycles. The number of carbonyl (C=O) groups is 3. The van der Waals surface area contributed by atoms with Crippen LogP contribution in [0.4, 0.5) is 10.5 Å². The highest BCUT2D eigenvalue weighted by atomic mass is 35.5. The Hall–Kier alpha value is -4.47. The normalized spacial score (nSPS) is 17.3. The van der Waals surface area contributed by atoms with E-state index in [1.54, 1.807) is 23.2 Å². The zero-order chi connectivity index (χ0) is 27.8. The van der Waals surface area contributed by atoms with Crippen LogP contribution in [0.15, 0.2) is 72.9 Å². The number of hydrogen-bond acceptors (Lipinski definition) is 6. The van der Waals surface area contributed by atoms with E-state index in [4.69, 9.17) is 10.5 Å². The first-order valence-corrected chi connectivity index (χ1v) is 13.2. The first kappa shape index (κ1) is 28.1. The number of anilines is 1. The number of H-pyrrole nitrogens is 1. The van der Waals surface area contributed by atoms with Gasteiger partial charge in [-0.05, 0) is 40.7 Å². The summed E-state index contributed by atoms with van der Waals surface area (Å²) >= 11 is 0. The molecule has 210 valence electrons. The smallest absolute Gasteiger partial charge is 0.407 e. The van der Waals surface area contributed by atoms with Gasteiger partial charge in [0.25, 0.3) is 0 Å². The second kappa shape index (κ2) is 11.6. The molecule has 0 saturated carbocycles. The van der Waals surface area contributed by atoms with Crippen LogP contribution in [0.3, 0.4) is 0 Å². The molecule has 3 aromatic carbocycles. The molecule has 0 spiro atoms. The number of aryl methyl sites for hydroxylation is 1. The number of ether oxygens (including phenoxy) is 1. The van der Waals surface area contributed by atoms with Gasteiger partial charge in [-0.15, -0.1) is 12.4 Å². The van der Waals surface area contributed by atoms with Crippen molar-refractivity contribution in [3.05, 3.63) is 95.4 Å². The van der Waals surface area contributed by atoms with E-state index in [1.165, 1.54) is 7.11 Å². The van der Waals surface area contributed by atoms with Crippen LogP contribution < -0.4 is 16.0 Å². The van der Waals surface area contributed by atoms with Gasteiger partial charge in [-0.25, -0.2) is 9.78 Å². The number of nitrogens with one attached hydrogen (secondary N) is 2. The van der Waals surface area contributed by atoms with Gasteiger partial charge >= 0.3 is 6.09 Å². The van der Waals surface area contributed by atoms with Crippen molar-refractivity contribution in [2.75, 3.05) is 18.6 Å². The Morgan fingerprint density at radius 1 is 1.02 bits per heavy atom. The summed E-state index contributed by atoms with van der Waals surface area (Å²) in [5, 5.41) is 2.71. The predicted octanol–water partition coefficient (Wildman–Crippen LogP) is 4.61. The summed E-state index contributed by atoms with van der Waals surface area (Å²) in [4.78, 5) is 47.4. The molecule has 6 rings (SSSR count). The fraction of sp³-hybridized carbons (Fsp3) is 0.226. The number of imidazole rings is 1. The monoisotopic (exact) mass is 571 g/mol. The number of rotatable bonds is 6. The molecule has 2 atom stereocenters. The van der Waals surface area contributed by atoms with E-state index in [9.17, 15) is 14.4 Å². The molecule has 41 heavy (non-hydrogen) atoms. The van der Waals surface area contributed by atoms with Crippen molar-refractivity contribution in [3.8, 4) is 22.4 Å². The third-order valence-electron chi connectivity index (χ3n) is 7.72. The zero-order valence-corrected chi connectivity index (χ0v) is 23.2. The standard InChI is InChI=1S/C31H29N5O4.ClH/c1-40-31(39)35-24-14-13-22-3-2-4-23-15-26(36(28(22)23)30(24)38)29-33-17-25(34-29)20-9-5-18(6-10-20)19-7-11-21(12-8-19)27(37)16-32;/h2-12,17,24,26H,13-16,32H2,1H3,(H,33,34)(H,35,39);1H/t24-,26-;/m0./s1. The Labute approximate surface area is 243 Å². The van der Waals surface area contributed by atoms with Gasteiger partial charge in [-0.3, -0.25) is 14.5 Å². The van der Waals surface area contributed by atoms with Gasteiger partial charge in [0.2, 0.25) is 5.91 Å². The molecule has 2 amide bonds. The number of Topliss-reactive ketones (excluding diaryl/α,β-unsaturated/α-hetero) is 1. The second-order valence-corrected chi connectivity index (χ2v) is 10.0. The molecule has 4 N–H and O–H groups in total. The number of hydrogen-bond donors (Lipinski definition) is 3. The number of benzene rings is 3. The maximum atomic E-state index is 13.7. The van der Waals surface area contributed by atoms with E-state index < -0.39 is 12.1 Å². The molecule has 3 heterocycles. The summed E-state index contributed by atoms with van der Waals surface area (Å²) in [7, 11) is 1.29. The largest absolute Gasteiger partial charge is 0.453 e. The first-order valence-electron chi connectivity index (χ1n) is 13.2. The molecule has 0 aliphatic carbocycles. The van der Waals surface area contributed by atoms with E-state index in [0.717, 1.165) is 39.2 Å². The van der Waals surface area contributed by atoms with Crippen molar-refractivity contribution < 1.29 is 19.1 Å². The highest BCUT2D eigenvalue weighted by molar-refractivity contribution is 6.02. The van der Waals surface area contributed by atoms with Gasteiger partial charge in [0.05, 0.1) is 37.3 Å². The quantitative estimate of drug-likeness (QED) is 0.290. The van der Waals surface area contributed by atoms with E-state index in [2.05, 4.69) is 15.3 Å². The third-order valence-corrected chi connectivity index (χ3v) is 7.72. The fourth-order valence-electron chi connectivity index (χ4n) is 5.65. The molecule has 10 heteroatoms. The minimum Gasteiger partial charge on any atom is -0.453 e. The molecule has 0 unspecified atom stereocenters. The summed E-state index contributed by atoms with van der Waals surface area (Å²) in [6.45, 7) is -0.00873. The number of methoxy groups -OCH3 is 1. The van der Waals surface area contributed by atoms with Gasteiger partial charge < -0.3 is 20.8 Å². The number of nitrogens with two attached hydrogens (primary N) is 1. The van der Waals surface area contributed by atoms with Crippen LogP contribution in [-0.2, 0) is 22.4 Å². The summed E-state index contributed by atoms with van der Waals surface area (Å²) in [5.41, 5.74) is 13.0. The SMILES string of the molecule is COC(=O)N[C@H]1CCc2cccc3c2N(C1=O)[C@H](c1ncc(-c2ccc(-c4ccc(C(=O)CN)cc4)cc2)[nH]1)C3.Cl. The minimum absolute atomic E-state index is 0. The number of nitrogens with zero attached hydrogens (tertiary/aromatic N) is 2. The molecule has 9 nitrogen and oxygen atoms in total. The van der Waals surface area contributed by atoms with Gasteiger partial charge in [0, 0.05) is 12.0 Å². The molecule has 0 bridgehead atoms. The topological polar surface area (TPSA) is 130 Å². The van der Waals surface area contributed by atoms with Crippen LogP contribution in [0, 0.1) is 0 Å². The van der Waals surface area contributed by atoms with Crippen LogP contribution in [0.25, 0.3) is 22.4 Å². The first-order chi connectivity index (χ1) is 19.5. The van der Waals surface area contributed by atoms with Gasteiger partial charge in [-0.2, -0.15) is 0 Å². The zero-order valence-electron chi connectivity index (χ0n) is 22.4. The molecular formula is C31H30ClN5O4. The molecular weight excluding hydrogens is 542 g/mol. The number of ketones is 1. The average Bonchev–Trinajstić information content (AvgIpc) is 3.61. The Bertz CT molecular complexity index is 1600. The number of alkyl carbamates (subject to hydrolysis) is 1. The van der Waals surface area contributed by atoms with Gasteiger partial charge in [0.15, 0.2) is 5.78 Å². The van der Waals surface area contributed by atoms with Crippen LogP contribution in [-0.4, -0.2) is 47.4 Å². The van der Waals surface area contributed by atoms with Gasteiger partial charge in [0.1, 0.15) is 11.9 Å². The van der Waals surface area contributed by atoms with Crippen molar-refractivity contribution in [1.82, 2.24) is 15.3 Å². The van der Waals surface area contributed by atoms with Crippen LogP contribution in [0.2, 0.25) is 0 Å². The molecule has 0 fully saturated rings. The van der Waals surface area contributed by atoms with Crippen molar-refractivity contribution in [2.45, 2.75) is 31.3 Å². The average molecular weight is 572 g/mol. The Morgan fingerprint density at radius 2 is 1.68 bits per heavy atom. The van der Waals surface area contributed by atoms with Crippen molar-refractivity contribution in [2.24, 2.45) is 5.73 Å². The number of aromatic nitrogens is 2. The highest BCUT2D eigenvalue weighted by Crippen LogP contribution is 2.44. The van der Waals surface area contributed by atoms with E-state index >= 15 is 0 Å². The molecule has 0 radical (unpaired) electrons. The number of para-hydroxylation sites is 1. The van der Waals surface area contributed by atoms with Crippen molar-refractivity contribution in [3.63, 3.8) is 0 Å². The predicted molar refractivity (Wildman–Crippen MR) is 158 cm³/mol. The second-order valence-electron chi connectivity index (χ2n) is 10.0. The number of amides is 2. The van der Waals surface area contributed by atoms with Crippen LogP contribution in [0.1, 0.15) is 39.8 Å². The minimum atomic E-state index is -0.683. The Balaban J connectivity index is 0.00000337. The third kappa shape index (κ3) is 5.21. The lowest BCUT2D eigenvalue weighted by Gasteiger charge is -2.27. The summed E-state index contributed by atoms with van der Waals surface area (Å²) in [6, 6.07) is 20.6. The molecule has 2 aliphatic rings. The maximum absolute atomic E-state index is 13.7. The van der Waals surface area contributed by atoms with E-state index in [1.807, 2.05) is 54.6 Å². The van der Waals surface area contributed by atoms with Crippen molar-refractivity contribution >= 4 is 35.9 Å². The molecule has 4 aromatic rings. The number of carbonyl (C=O) groups excluding carboxylic acids is 3. The molecule has 0 saturated heterocycles. The maximum Gasteiger partial charge on any atom is 0.407 e. The Kier molecular flexibility index (Phi) is 7.92. The van der Waals surface area contributed by atoms with Crippen molar-refractivity contribution in [1.29, 1.82) is 0 Å². The van der Waals surface area contributed by atoms with Gasteiger partial charge in [-0.1, -0.05) is 66.7 Å².